The highest BCUT2D eigenvalue weighted by molar-refractivity contribution is 5.76. The predicted molar refractivity (Wildman–Crippen MR) is 86.2 cm³/mol. The third-order valence-corrected chi connectivity index (χ3v) is 3.48. The first-order chi connectivity index (χ1) is 12.7. The van der Waals surface area contributed by atoms with Crippen molar-refractivity contribution in [3.8, 4) is 0 Å². The Morgan fingerprint density at radius 1 is 1.37 bits per heavy atom. The molecule has 0 saturated carbocycles. The molecule has 148 valence electrons. The smallest absolute Gasteiger partial charge is 0.407 e. The van der Waals surface area contributed by atoms with Crippen molar-refractivity contribution in [1.29, 1.82) is 0 Å². The van der Waals surface area contributed by atoms with E-state index < -0.39 is 29.4 Å². The van der Waals surface area contributed by atoms with Crippen LogP contribution in [0, 0.1) is 10.1 Å². The number of halogens is 3. The Kier molecular flexibility index (Phi) is 6.55. The number of non-ortho nitro benzene ring substituents is 1. The minimum atomic E-state index is -4.41. The molecule has 0 aliphatic heterocycles. The molecule has 0 unspecified atom stereocenters. The fourth-order valence-corrected chi connectivity index (χ4v) is 2.32. The number of alkyl halides is 3. The number of hydrogen-bond donors (Lipinski definition) is 1. The van der Waals surface area contributed by atoms with E-state index in [0.717, 1.165) is 6.07 Å². The number of aromatic nitrogens is 1. The van der Waals surface area contributed by atoms with Gasteiger partial charge in [0.15, 0.2) is 5.58 Å². The number of nitrogens with zero attached hydrogens (tertiary/aromatic N) is 2. The fraction of sp³-hybridized carbons (Fsp3) is 0.467. The molecule has 0 fully saturated rings. The molecule has 0 atom stereocenters. The maximum Gasteiger partial charge on any atom is 0.419 e. The molecule has 0 bridgehead atoms. The van der Waals surface area contributed by atoms with Crippen LogP contribution in [0.25, 0.3) is 11.1 Å². The number of oxazole rings is 1. The van der Waals surface area contributed by atoms with E-state index in [9.17, 15) is 32.9 Å². The zero-order valence-electron chi connectivity index (χ0n) is 14.0. The van der Waals surface area contributed by atoms with E-state index in [-0.39, 0.29) is 43.8 Å². The van der Waals surface area contributed by atoms with Gasteiger partial charge >= 0.3 is 11.9 Å². The molecule has 0 radical (unpaired) electrons. The van der Waals surface area contributed by atoms with Crippen molar-refractivity contribution < 1.29 is 32.0 Å². The number of rotatable bonds is 9. The summed E-state index contributed by atoms with van der Waals surface area (Å²) in [6.45, 7) is -1.57. The van der Waals surface area contributed by atoms with Crippen LogP contribution in [0.4, 0.5) is 18.9 Å². The van der Waals surface area contributed by atoms with Gasteiger partial charge in [-0.05, 0) is 12.5 Å². The number of nitro groups is 1. The molecule has 0 saturated heterocycles. The van der Waals surface area contributed by atoms with E-state index in [4.69, 9.17) is 4.42 Å². The first-order valence-corrected chi connectivity index (χ1v) is 7.86. The summed E-state index contributed by atoms with van der Waals surface area (Å²) in [6.07, 6.45) is -4.11. The molecule has 9 nitrogen and oxygen atoms in total. The molecule has 0 spiro atoms. The minimum Gasteiger partial charge on any atom is -0.407 e. The molecule has 27 heavy (non-hydrogen) atoms. The zero-order chi connectivity index (χ0) is 20.0. The highest BCUT2D eigenvalue weighted by Gasteiger charge is 2.27. The van der Waals surface area contributed by atoms with Crippen LogP contribution in [0.3, 0.4) is 0 Å². The number of carbonyl (C=O) groups is 1. The largest absolute Gasteiger partial charge is 0.419 e. The summed E-state index contributed by atoms with van der Waals surface area (Å²) in [5, 5.41) is 13.1. The van der Waals surface area contributed by atoms with Gasteiger partial charge in [-0.3, -0.25) is 19.5 Å². The molecule has 1 N–H and O–H groups in total. The molecule has 1 amide bonds. The van der Waals surface area contributed by atoms with E-state index in [0.29, 0.717) is 5.52 Å². The molecule has 0 aliphatic carbocycles. The van der Waals surface area contributed by atoms with Crippen molar-refractivity contribution in [2.45, 2.75) is 25.6 Å². The quantitative estimate of drug-likeness (QED) is 0.397. The van der Waals surface area contributed by atoms with Gasteiger partial charge in [0.25, 0.3) is 5.69 Å². The van der Waals surface area contributed by atoms with Gasteiger partial charge in [0, 0.05) is 25.6 Å². The second-order valence-electron chi connectivity index (χ2n) is 5.55. The topological polar surface area (TPSA) is 117 Å². The number of amides is 1. The highest BCUT2D eigenvalue weighted by Crippen LogP contribution is 2.20. The lowest BCUT2D eigenvalue weighted by Gasteiger charge is -2.08. The van der Waals surface area contributed by atoms with Gasteiger partial charge in [-0.2, -0.15) is 13.2 Å². The number of fused-ring (bicyclic) bond motifs is 1. The van der Waals surface area contributed by atoms with Crippen molar-refractivity contribution in [3.05, 3.63) is 38.9 Å². The van der Waals surface area contributed by atoms with Crippen molar-refractivity contribution in [2.75, 3.05) is 19.8 Å². The van der Waals surface area contributed by atoms with Crippen molar-refractivity contribution in [2.24, 2.45) is 0 Å². The third-order valence-electron chi connectivity index (χ3n) is 3.48. The van der Waals surface area contributed by atoms with E-state index in [1.54, 1.807) is 0 Å². The first-order valence-electron chi connectivity index (χ1n) is 7.86. The Balaban J connectivity index is 1.80. The van der Waals surface area contributed by atoms with E-state index in [1.165, 1.54) is 16.7 Å². The molecule has 2 aromatic rings. The Hall–Kier alpha value is -2.89. The SMILES string of the molecule is O=C(CCCn1c(=O)oc2cc([N+](=O)[O-])ccc21)NCCOCC(F)(F)F. The number of hydrogen-bond acceptors (Lipinski definition) is 6. The average Bonchev–Trinajstić information content (AvgIpc) is 2.88. The third kappa shape index (κ3) is 6.09. The normalized spacial score (nSPS) is 11.7. The number of carbonyl (C=O) groups excluding carboxylic acids is 1. The number of benzene rings is 1. The Bertz CT molecular complexity index is 874. The van der Waals surface area contributed by atoms with Crippen LogP contribution >= 0.6 is 0 Å². The van der Waals surface area contributed by atoms with Gasteiger partial charge < -0.3 is 14.5 Å². The number of ether oxygens (including phenoxy) is 1. The minimum absolute atomic E-state index is 0.0331. The molecular weight excluding hydrogens is 375 g/mol. The van der Waals surface area contributed by atoms with Gasteiger partial charge in [-0.1, -0.05) is 0 Å². The lowest BCUT2D eigenvalue weighted by Crippen LogP contribution is -2.29. The van der Waals surface area contributed by atoms with Gasteiger partial charge in [-0.15, -0.1) is 0 Å². The fourth-order valence-electron chi connectivity index (χ4n) is 2.32. The van der Waals surface area contributed by atoms with Gasteiger partial charge in [-0.25, -0.2) is 4.79 Å². The zero-order valence-corrected chi connectivity index (χ0v) is 14.0. The molecule has 1 heterocycles. The summed E-state index contributed by atoms with van der Waals surface area (Å²) < 4.78 is 46.2. The number of nitrogens with one attached hydrogen (secondary N) is 1. The van der Waals surface area contributed by atoms with Gasteiger partial charge in [0.05, 0.1) is 23.1 Å². The molecule has 0 aliphatic rings. The Morgan fingerprint density at radius 2 is 2.11 bits per heavy atom. The van der Waals surface area contributed by atoms with Crippen LogP contribution in [-0.4, -0.2) is 41.3 Å². The lowest BCUT2D eigenvalue weighted by molar-refractivity contribution is -0.384. The van der Waals surface area contributed by atoms with Crippen LogP contribution in [0.2, 0.25) is 0 Å². The van der Waals surface area contributed by atoms with Crippen molar-refractivity contribution in [1.82, 2.24) is 9.88 Å². The predicted octanol–water partition coefficient (Wildman–Crippen LogP) is 1.98. The molecule has 12 heteroatoms. The second-order valence-corrected chi connectivity index (χ2v) is 5.55. The van der Waals surface area contributed by atoms with Crippen LogP contribution in [0.5, 0.6) is 0 Å². The summed E-state index contributed by atoms with van der Waals surface area (Å²) in [5.74, 6) is -1.10. The molecule has 1 aromatic heterocycles. The average molecular weight is 391 g/mol. The monoisotopic (exact) mass is 391 g/mol. The van der Waals surface area contributed by atoms with Crippen molar-refractivity contribution >= 4 is 22.7 Å². The lowest BCUT2D eigenvalue weighted by atomic mass is 10.2. The standard InChI is InChI=1S/C15H16F3N3O6/c16-15(17,18)9-26-7-5-19-13(22)2-1-6-20-11-4-3-10(21(24)25)8-12(11)27-14(20)23/h3-4,8H,1-2,5-7,9H2,(H,19,22). The van der Waals surface area contributed by atoms with Crippen molar-refractivity contribution in [3.63, 3.8) is 0 Å². The summed E-state index contributed by atoms with van der Waals surface area (Å²) >= 11 is 0. The van der Waals surface area contributed by atoms with E-state index >= 15 is 0 Å². The highest BCUT2D eigenvalue weighted by atomic mass is 19.4. The molecule has 2 rings (SSSR count). The number of aryl methyl sites for hydroxylation is 1. The van der Waals surface area contributed by atoms with E-state index in [2.05, 4.69) is 10.1 Å². The maximum atomic E-state index is 11.9. The Labute approximate surface area is 149 Å². The summed E-state index contributed by atoms with van der Waals surface area (Å²) in [6, 6.07) is 3.76. The van der Waals surface area contributed by atoms with Crippen LogP contribution in [-0.2, 0) is 16.1 Å². The van der Waals surface area contributed by atoms with Gasteiger partial charge in [0.2, 0.25) is 5.91 Å². The summed E-state index contributed by atoms with van der Waals surface area (Å²) in [4.78, 5) is 33.6. The molecular formula is C15H16F3N3O6. The van der Waals surface area contributed by atoms with Crippen LogP contribution < -0.4 is 11.1 Å². The van der Waals surface area contributed by atoms with E-state index in [1.807, 2.05) is 0 Å². The summed E-state index contributed by atoms with van der Waals surface area (Å²) in [7, 11) is 0. The maximum absolute atomic E-state index is 11.9. The van der Waals surface area contributed by atoms with Crippen LogP contribution in [0.1, 0.15) is 12.8 Å². The molecule has 1 aromatic carbocycles. The first kappa shape index (κ1) is 20.4. The van der Waals surface area contributed by atoms with Gasteiger partial charge in [0.1, 0.15) is 6.61 Å². The van der Waals surface area contributed by atoms with Crippen LogP contribution in [0.15, 0.2) is 27.4 Å². The number of nitro benzene ring substituents is 1. The second kappa shape index (κ2) is 8.66. The Morgan fingerprint density at radius 3 is 2.78 bits per heavy atom. The summed E-state index contributed by atoms with van der Waals surface area (Å²) in [5.41, 5.74) is 0.225.